The quantitative estimate of drug-likeness (QED) is 0.419. The monoisotopic (exact) mass is 591 g/mol. The molecule has 1 aliphatic rings. The first-order chi connectivity index (χ1) is 17.1. The predicted molar refractivity (Wildman–Crippen MR) is 143 cm³/mol. The second kappa shape index (κ2) is 10.7. The maximum absolute atomic E-state index is 13.5. The molecule has 0 spiro atoms. The van der Waals surface area contributed by atoms with Gasteiger partial charge in [0.15, 0.2) is 0 Å². The van der Waals surface area contributed by atoms with Gasteiger partial charge in [-0.25, -0.2) is 16.8 Å². The fourth-order valence-electron chi connectivity index (χ4n) is 3.88. The van der Waals surface area contributed by atoms with E-state index in [0.29, 0.717) is 24.5 Å². The Morgan fingerprint density at radius 2 is 1.42 bits per heavy atom. The van der Waals surface area contributed by atoms with Crippen molar-refractivity contribution in [1.82, 2.24) is 4.31 Å². The third-order valence-corrected chi connectivity index (χ3v) is 10.1. The Hall–Kier alpha value is -2.73. The molecule has 1 aliphatic heterocycles. The number of carbonyl (C=O) groups is 1. The van der Waals surface area contributed by atoms with Crippen LogP contribution in [0.4, 0.5) is 11.4 Å². The molecule has 3 aromatic rings. The molecule has 0 aromatic heterocycles. The van der Waals surface area contributed by atoms with Gasteiger partial charge in [0.2, 0.25) is 15.9 Å². The first-order valence-corrected chi connectivity index (χ1v) is 15.0. The summed E-state index contributed by atoms with van der Waals surface area (Å²) in [5, 5.41) is 2.67. The number of anilines is 2. The lowest BCUT2D eigenvalue weighted by atomic mass is 10.2. The second-order valence-corrected chi connectivity index (χ2v) is 13.2. The van der Waals surface area contributed by atoms with Crippen molar-refractivity contribution >= 4 is 53.3 Å². The van der Waals surface area contributed by atoms with E-state index in [9.17, 15) is 21.6 Å². The highest BCUT2D eigenvalue weighted by Crippen LogP contribution is 2.26. The van der Waals surface area contributed by atoms with Crippen molar-refractivity contribution in [1.29, 1.82) is 0 Å². The molecule has 1 fully saturated rings. The van der Waals surface area contributed by atoms with Crippen molar-refractivity contribution in [3.63, 3.8) is 0 Å². The lowest BCUT2D eigenvalue weighted by molar-refractivity contribution is -0.114. The normalized spacial score (nSPS) is 14.5. The number of benzene rings is 3. The molecule has 190 valence electrons. The standard InChI is InChI=1S/C25H26BrN3O5S2/c1-19-4-12-24(13-5-19)36(33,34)29(22-10-6-20(26)7-11-22)18-25(30)27-21-8-14-23(15-9-21)35(31,32)28-16-2-3-17-28/h4-15H,2-3,16-18H2,1H3,(H,27,30). The van der Waals surface area contributed by atoms with E-state index in [1.165, 1.54) is 40.7 Å². The van der Waals surface area contributed by atoms with E-state index in [2.05, 4.69) is 21.2 Å². The minimum atomic E-state index is -4.03. The van der Waals surface area contributed by atoms with E-state index >= 15 is 0 Å². The van der Waals surface area contributed by atoms with Crippen LogP contribution in [0.3, 0.4) is 0 Å². The minimum absolute atomic E-state index is 0.0697. The molecule has 0 saturated carbocycles. The highest BCUT2D eigenvalue weighted by molar-refractivity contribution is 9.10. The van der Waals surface area contributed by atoms with Gasteiger partial charge in [0.1, 0.15) is 6.54 Å². The Labute approximate surface area is 220 Å². The van der Waals surface area contributed by atoms with Crippen molar-refractivity contribution in [2.24, 2.45) is 0 Å². The molecule has 0 unspecified atom stereocenters. The van der Waals surface area contributed by atoms with Crippen LogP contribution in [-0.4, -0.2) is 46.7 Å². The van der Waals surface area contributed by atoms with Gasteiger partial charge in [-0.1, -0.05) is 33.6 Å². The summed E-state index contributed by atoms with van der Waals surface area (Å²) in [7, 11) is -7.60. The molecule has 1 heterocycles. The SMILES string of the molecule is Cc1ccc(S(=O)(=O)N(CC(=O)Nc2ccc(S(=O)(=O)N3CCCC3)cc2)c2ccc(Br)cc2)cc1. The fraction of sp³-hybridized carbons (Fsp3) is 0.240. The van der Waals surface area contributed by atoms with Crippen molar-refractivity contribution in [2.75, 3.05) is 29.3 Å². The summed E-state index contributed by atoms with van der Waals surface area (Å²) in [6, 6.07) is 18.9. The number of hydrogen-bond donors (Lipinski definition) is 1. The van der Waals surface area contributed by atoms with Crippen LogP contribution in [0.15, 0.2) is 87.1 Å². The summed E-state index contributed by atoms with van der Waals surface area (Å²) in [5.41, 5.74) is 1.61. The fourth-order valence-corrected chi connectivity index (χ4v) is 7.08. The van der Waals surface area contributed by atoms with Crippen molar-refractivity contribution in [3.05, 3.63) is 82.8 Å². The molecule has 0 bridgehead atoms. The number of hydrogen-bond acceptors (Lipinski definition) is 5. The Morgan fingerprint density at radius 3 is 2.00 bits per heavy atom. The van der Waals surface area contributed by atoms with Crippen LogP contribution in [0.1, 0.15) is 18.4 Å². The Balaban J connectivity index is 1.55. The van der Waals surface area contributed by atoms with Gasteiger partial charge in [0, 0.05) is 23.2 Å². The third-order valence-electron chi connectivity index (χ3n) is 5.85. The number of carbonyl (C=O) groups excluding carboxylic acids is 1. The molecular formula is C25H26BrN3O5S2. The van der Waals surface area contributed by atoms with Gasteiger partial charge in [-0.15, -0.1) is 0 Å². The van der Waals surface area contributed by atoms with E-state index in [1.807, 2.05) is 6.92 Å². The number of sulfonamides is 2. The minimum Gasteiger partial charge on any atom is -0.325 e. The van der Waals surface area contributed by atoms with Crippen molar-refractivity contribution in [3.8, 4) is 0 Å². The van der Waals surface area contributed by atoms with Crippen LogP contribution in [-0.2, 0) is 24.8 Å². The van der Waals surface area contributed by atoms with Gasteiger partial charge in [-0.05, 0) is 80.4 Å². The zero-order valence-corrected chi connectivity index (χ0v) is 22.8. The molecule has 1 saturated heterocycles. The molecule has 0 atom stereocenters. The number of amides is 1. The maximum atomic E-state index is 13.5. The van der Waals surface area contributed by atoms with Crippen LogP contribution >= 0.6 is 15.9 Å². The van der Waals surface area contributed by atoms with Crippen molar-refractivity contribution < 1.29 is 21.6 Å². The highest BCUT2D eigenvalue weighted by Gasteiger charge is 2.28. The number of nitrogens with zero attached hydrogens (tertiary/aromatic N) is 2. The van der Waals surface area contributed by atoms with Gasteiger partial charge in [-0.3, -0.25) is 9.10 Å². The number of nitrogens with one attached hydrogen (secondary N) is 1. The Kier molecular flexibility index (Phi) is 7.84. The Morgan fingerprint density at radius 1 is 0.861 bits per heavy atom. The van der Waals surface area contributed by atoms with Gasteiger partial charge in [-0.2, -0.15) is 4.31 Å². The highest BCUT2D eigenvalue weighted by atomic mass is 79.9. The average Bonchev–Trinajstić information content (AvgIpc) is 3.40. The molecular weight excluding hydrogens is 566 g/mol. The summed E-state index contributed by atoms with van der Waals surface area (Å²) in [6.45, 7) is 2.40. The molecule has 11 heteroatoms. The number of halogens is 1. The van der Waals surface area contributed by atoms with E-state index < -0.39 is 32.5 Å². The van der Waals surface area contributed by atoms with Crippen LogP contribution in [0, 0.1) is 6.92 Å². The zero-order valence-electron chi connectivity index (χ0n) is 19.6. The van der Waals surface area contributed by atoms with Crippen LogP contribution in [0.25, 0.3) is 0 Å². The molecule has 4 rings (SSSR count). The first-order valence-electron chi connectivity index (χ1n) is 11.3. The topological polar surface area (TPSA) is 104 Å². The number of rotatable bonds is 8. The lowest BCUT2D eigenvalue weighted by Gasteiger charge is -2.24. The van der Waals surface area contributed by atoms with Gasteiger partial charge < -0.3 is 5.32 Å². The summed E-state index contributed by atoms with van der Waals surface area (Å²) in [6.07, 6.45) is 1.68. The molecule has 3 aromatic carbocycles. The van der Waals surface area contributed by atoms with Crippen LogP contribution in [0.5, 0.6) is 0 Å². The summed E-state index contributed by atoms with van der Waals surface area (Å²) >= 11 is 3.34. The molecule has 8 nitrogen and oxygen atoms in total. The molecule has 0 radical (unpaired) electrons. The molecule has 36 heavy (non-hydrogen) atoms. The van der Waals surface area contributed by atoms with Crippen LogP contribution < -0.4 is 9.62 Å². The van der Waals surface area contributed by atoms with E-state index in [4.69, 9.17) is 0 Å². The zero-order chi connectivity index (χ0) is 25.9. The van der Waals surface area contributed by atoms with Gasteiger partial charge >= 0.3 is 0 Å². The van der Waals surface area contributed by atoms with E-state index in [0.717, 1.165) is 27.2 Å². The van der Waals surface area contributed by atoms with E-state index in [1.54, 1.807) is 36.4 Å². The summed E-state index contributed by atoms with van der Waals surface area (Å²) in [5.74, 6) is -0.566. The molecule has 1 N–H and O–H groups in total. The number of aryl methyl sites for hydroxylation is 1. The predicted octanol–water partition coefficient (Wildman–Crippen LogP) is 4.38. The summed E-state index contributed by atoms with van der Waals surface area (Å²) in [4.78, 5) is 13.2. The first kappa shape index (κ1) is 26.3. The van der Waals surface area contributed by atoms with Gasteiger partial charge in [0.25, 0.3) is 10.0 Å². The smallest absolute Gasteiger partial charge is 0.264 e. The van der Waals surface area contributed by atoms with Gasteiger partial charge in [0.05, 0.1) is 15.5 Å². The summed E-state index contributed by atoms with van der Waals surface area (Å²) < 4.78 is 55.6. The van der Waals surface area contributed by atoms with Crippen molar-refractivity contribution in [2.45, 2.75) is 29.6 Å². The average molecular weight is 593 g/mol. The van der Waals surface area contributed by atoms with Crippen LogP contribution in [0.2, 0.25) is 0 Å². The molecule has 1 amide bonds. The lowest BCUT2D eigenvalue weighted by Crippen LogP contribution is -2.38. The second-order valence-electron chi connectivity index (χ2n) is 8.48. The third kappa shape index (κ3) is 5.80. The van der Waals surface area contributed by atoms with E-state index in [-0.39, 0.29) is 9.79 Å². The maximum Gasteiger partial charge on any atom is 0.264 e. The Bertz CT molecular complexity index is 1440. The molecule has 0 aliphatic carbocycles. The largest absolute Gasteiger partial charge is 0.325 e.